The molecule has 0 aliphatic carbocycles. The molecule has 0 atom stereocenters. The van der Waals surface area contributed by atoms with Gasteiger partial charge in [-0.2, -0.15) is 0 Å². The van der Waals surface area contributed by atoms with Crippen molar-refractivity contribution in [3.05, 3.63) is 34.8 Å². The molecule has 9 nitrogen and oxygen atoms in total. The van der Waals surface area contributed by atoms with Crippen molar-refractivity contribution >= 4 is 17.0 Å². The van der Waals surface area contributed by atoms with Gasteiger partial charge in [-0.05, 0) is 41.3 Å². The summed E-state index contributed by atoms with van der Waals surface area (Å²) in [7, 11) is 0. The molecular weight excluding hydrogens is 324 g/mol. The van der Waals surface area contributed by atoms with Crippen LogP contribution in [0, 0.1) is 5.92 Å². The monoisotopic (exact) mass is 344 g/mol. The number of piperidine rings is 1. The number of aliphatic hydroxyl groups excluding tert-OH is 1. The highest BCUT2D eigenvalue weighted by Gasteiger charge is 2.22. The summed E-state index contributed by atoms with van der Waals surface area (Å²) in [6.07, 6.45) is 1.85. The van der Waals surface area contributed by atoms with Gasteiger partial charge in [0.1, 0.15) is 0 Å². The smallest absolute Gasteiger partial charge is 0.408 e. The molecule has 0 spiro atoms. The van der Waals surface area contributed by atoms with Crippen LogP contribution in [0.1, 0.15) is 12.8 Å². The van der Waals surface area contributed by atoms with Gasteiger partial charge in [0.25, 0.3) is 0 Å². The SMILES string of the molecule is O=c1oc2ccccc2n1CCn1nnnc1N1CCC(CO)CC1. The van der Waals surface area contributed by atoms with Crippen LogP contribution in [0.5, 0.6) is 0 Å². The zero-order valence-electron chi connectivity index (χ0n) is 13.8. The van der Waals surface area contributed by atoms with Crippen LogP contribution in [0.2, 0.25) is 0 Å². The number of rotatable bonds is 5. The lowest BCUT2D eigenvalue weighted by Gasteiger charge is -2.31. The molecule has 1 aliphatic rings. The fourth-order valence-electron chi connectivity index (χ4n) is 3.31. The number of fused-ring (bicyclic) bond motifs is 1. The first-order valence-electron chi connectivity index (χ1n) is 8.46. The first kappa shape index (κ1) is 15.8. The van der Waals surface area contributed by atoms with Gasteiger partial charge in [0, 0.05) is 26.2 Å². The predicted octanol–water partition coefficient (Wildman–Crippen LogP) is 0.490. The number of aryl methyl sites for hydroxylation is 2. The van der Waals surface area contributed by atoms with Crippen LogP contribution >= 0.6 is 0 Å². The largest absolute Gasteiger partial charge is 0.420 e. The van der Waals surface area contributed by atoms with Crippen molar-refractivity contribution < 1.29 is 9.52 Å². The molecule has 3 aromatic rings. The van der Waals surface area contributed by atoms with E-state index in [0.717, 1.165) is 31.4 Å². The number of aliphatic hydroxyl groups is 1. The molecule has 9 heteroatoms. The van der Waals surface area contributed by atoms with Crippen LogP contribution in [-0.2, 0) is 13.1 Å². The molecule has 0 bridgehead atoms. The van der Waals surface area contributed by atoms with E-state index in [1.807, 2.05) is 18.2 Å². The van der Waals surface area contributed by atoms with Crippen molar-refractivity contribution in [2.24, 2.45) is 5.92 Å². The minimum atomic E-state index is -0.375. The second-order valence-corrected chi connectivity index (χ2v) is 6.30. The lowest BCUT2D eigenvalue weighted by Crippen LogP contribution is -2.36. The van der Waals surface area contributed by atoms with Gasteiger partial charge in [-0.15, -0.1) is 0 Å². The Kier molecular flexibility index (Phi) is 4.22. The van der Waals surface area contributed by atoms with Gasteiger partial charge in [0.2, 0.25) is 5.95 Å². The van der Waals surface area contributed by atoms with Crippen molar-refractivity contribution in [1.82, 2.24) is 24.8 Å². The highest BCUT2D eigenvalue weighted by molar-refractivity contribution is 5.72. The number of hydrogen-bond donors (Lipinski definition) is 1. The molecule has 2 aromatic heterocycles. The number of oxazole rings is 1. The maximum atomic E-state index is 12.1. The quantitative estimate of drug-likeness (QED) is 0.718. The second kappa shape index (κ2) is 6.67. The molecule has 1 N–H and O–H groups in total. The van der Waals surface area contributed by atoms with E-state index >= 15 is 0 Å². The lowest BCUT2D eigenvalue weighted by molar-refractivity contribution is 0.202. The third-order valence-electron chi connectivity index (χ3n) is 4.78. The van der Waals surface area contributed by atoms with E-state index < -0.39 is 0 Å². The maximum absolute atomic E-state index is 12.1. The van der Waals surface area contributed by atoms with Gasteiger partial charge in [0.05, 0.1) is 12.1 Å². The Bertz CT molecular complexity index is 906. The number of hydrogen-bond acceptors (Lipinski definition) is 7. The van der Waals surface area contributed by atoms with Gasteiger partial charge in [-0.25, -0.2) is 9.48 Å². The first-order chi connectivity index (χ1) is 12.3. The normalized spacial score (nSPS) is 16.0. The maximum Gasteiger partial charge on any atom is 0.420 e. The Labute approximate surface area is 143 Å². The van der Waals surface area contributed by atoms with Crippen LogP contribution in [0.4, 0.5) is 5.95 Å². The van der Waals surface area contributed by atoms with Gasteiger partial charge in [-0.3, -0.25) is 4.57 Å². The third-order valence-corrected chi connectivity index (χ3v) is 4.78. The summed E-state index contributed by atoms with van der Waals surface area (Å²) in [5, 5.41) is 21.2. The Hall–Kier alpha value is -2.68. The van der Waals surface area contributed by atoms with E-state index in [9.17, 15) is 9.90 Å². The highest BCUT2D eigenvalue weighted by Crippen LogP contribution is 2.21. The Morgan fingerprint density at radius 3 is 2.80 bits per heavy atom. The van der Waals surface area contributed by atoms with Crippen molar-refractivity contribution in [3.63, 3.8) is 0 Å². The Balaban J connectivity index is 1.50. The molecular formula is C16H20N6O3. The van der Waals surface area contributed by atoms with Crippen LogP contribution in [0.3, 0.4) is 0 Å². The molecule has 1 saturated heterocycles. The topological polar surface area (TPSA) is 102 Å². The summed E-state index contributed by atoms with van der Waals surface area (Å²) in [4.78, 5) is 14.2. The number of benzene rings is 1. The molecule has 0 unspecified atom stereocenters. The molecule has 1 fully saturated rings. The van der Waals surface area contributed by atoms with Crippen LogP contribution in [0.15, 0.2) is 33.5 Å². The van der Waals surface area contributed by atoms with Crippen LogP contribution in [0.25, 0.3) is 11.1 Å². The van der Waals surface area contributed by atoms with E-state index in [2.05, 4.69) is 20.4 Å². The number of tetrazole rings is 1. The third kappa shape index (κ3) is 3.02. The Morgan fingerprint density at radius 1 is 1.20 bits per heavy atom. The van der Waals surface area contributed by atoms with Crippen molar-refractivity contribution in [3.8, 4) is 0 Å². The van der Waals surface area contributed by atoms with Crippen molar-refractivity contribution in [2.45, 2.75) is 25.9 Å². The standard InChI is InChI=1S/C16H20N6O3/c23-11-12-5-7-20(8-6-12)15-17-18-19-22(15)10-9-21-13-3-1-2-4-14(13)25-16(21)24/h1-4,12,23H,5-11H2. The fraction of sp³-hybridized carbons (Fsp3) is 0.500. The molecule has 132 valence electrons. The van der Waals surface area contributed by atoms with Gasteiger partial charge in [0.15, 0.2) is 5.58 Å². The second-order valence-electron chi connectivity index (χ2n) is 6.30. The Morgan fingerprint density at radius 2 is 2.00 bits per heavy atom. The molecule has 3 heterocycles. The zero-order valence-corrected chi connectivity index (χ0v) is 13.8. The predicted molar refractivity (Wildman–Crippen MR) is 90.3 cm³/mol. The summed E-state index contributed by atoms with van der Waals surface area (Å²) in [5.41, 5.74) is 1.35. The zero-order chi connectivity index (χ0) is 17.2. The van der Waals surface area contributed by atoms with Crippen LogP contribution in [-0.4, -0.2) is 49.6 Å². The van der Waals surface area contributed by atoms with Gasteiger partial charge in [-0.1, -0.05) is 17.2 Å². The molecule has 0 amide bonds. The number of anilines is 1. The average Bonchev–Trinajstić information content (AvgIpc) is 3.23. The molecule has 1 aliphatic heterocycles. The van der Waals surface area contributed by atoms with E-state index in [1.54, 1.807) is 15.3 Å². The van der Waals surface area contributed by atoms with Crippen molar-refractivity contribution in [2.75, 3.05) is 24.6 Å². The summed E-state index contributed by atoms with van der Waals surface area (Å²) < 4.78 is 8.56. The minimum Gasteiger partial charge on any atom is -0.408 e. The summed E-state index contributed by atoms with van der Waals surface area (Å²) >= 11 is 0. The van der Waals surface area contributed by atoms with E-state index in [-0.39, 0.29) is 12.4 Å². The molecule has 0 saturated carbocycles. The van der Waals surface area contributed by atoms with E-state index in [0.29, 0.717) is 30.5 Å². The number of aromatic nitrogens is 5. The molecule has 25 heavy (non-hydrogen) atoms. The fourth-order valence-corrected chi connectivity index (χ4v) is 3.31. The van der Waals surface area contributed by atoms with E-state index in [4.69, 9.17) is 4.42 Å². The number of nitrogens with zero attached hydrogens (tertiary/aromatic N) is 6. The summed E-state index contributed by atoms with van der Waals surface area (Å²) in [5.74, 6) is 0.688. The summed E-state index contributed by atoms with van der Waals surface area (Å²) in [6, 6.07) is 7.36. The first-order valence-corrected chi connectivity index (χ1v) is 8.46. The highest BCUT2D eigenvalue weighted by atomic mass is 16.4. The number of para-hydroxylation sites is 2. The molecule has 1 aromatic carbocycles. The molecule has 0 radical (unpaired) electrons. The average molecular weight is 344 g/mol. The lowest BCUT2D eigenvalue weighted by atomic mass is 9.98. The van der Waals surface area contributed by atoms with Crippen molar-refractivity contribution in [1.29, 1.82) is 0 Å². The van der Waals surface area contributed by atoms with Gasteiger partial charge < -0.3 is 14.4 Å². The summed E-state index contributed by atoms with van der Waals surface area (Å²) in [6.45, 7) is 2.78. The minimum absolute atomic E-state index is 0.231. The van der Waals surface area contributed by atoms with Crippen LogP contribution < -0.4 is 10.7 Å². The van der Waals surface area contributed by atoms with E-state index in [1.165, 1.54) is 0 Å². The molecule has 4 rings (SSSR count). The van der Waals surface area contributed by atoms with Gasteiger partial charge >= 0.3 is 5.76 Å².